The fraction of sp³-hybridized carbons (Fsp3) is 0.438. The molecule has 2 aromatic carbocycles. The minimum Gasteiger partial charge on any atom is -0.345 e. The summed E-state index contributed by atoms with van der Waals surface area (Å²) in [6, 6.07) is 16.2. The van der Waals surface area contributed by atoms with Gasteiger partial charge in [-0.1, -0.05) is 54.2 Å². The number of benzene rings is 2. The molecule has 1 saturated carbocycles. The molecule has 0 saturated heterocycles. The van der Waals surface area contributed by atoms with Gasteiger partial charge in [0.2, 0.25) is 5.91 Å². The average molecular weight is 633 g/mol. The highest BCUT2D eigenvalue weighted by atomic mass is 79.9. The molecule has 4 rings (SSSR count). The van der Waals surface area contributed by atoms with Gasteiger partial charge in [-0.25, -0.2) is 0 Å². The lowest BCUT2D eigenvalue weighted by Gasteiger charge is -2.37. The van der Waals surface area contributed by atoms with Crippen molar-refractivity contribution in [2.45, 2.75) is 83.7 Å². The normalized spacial score (nSPS) is 15.0. The van der Waals surface area contributed by atoms with Crippen LogP contribution in [-0.2, 0) is 24.1 Å². The van der Waals surface area contributed by atoms with Crippen LogP contribution in [0.5, 0.6) is 0 Å². The lowest BCUT2D eigenvalue weighted by Crippen LogP contribution is -2.49. The first-order valence-corrected chi connectivity index (χ1v) is 15.0. The molecule has 1 heterocycles. The smallest absolute Gasteiger partial charge is 0.345 e. The maximum absolute atomic E-state index is 14.0. The lowest BCUT2D eigenvalue weighted by molar-refractivity contribution is -0.137. The van der Waals surface area contributed by atoms with Gasteiger partial charge >= 0.3 is 6.18 Å². The average Bonchev–Trinajstić information content (AvgIpc) is 3.41. The zero-order chi connectivity index (χ0) is 29.6. The molecule has 41 heavy (non-hydrogen) atoms. The molecule has 1 fully saturated rings. The Morgan fingerprint density at radius 1 is 1.00 bits per heavy atom. The topological polar surface area (TPSA) is 45.6 Å². The van der Waals surface area contributed by atoms with Crippen LogP contribution in [0.3, 0.4) is 0 Å². The molecule has 1 unspecified atom stereocenters. The molecule has 220 valence electrons. The summed E-state index contributed by atoms with van der Waals surface area (Å²) in [5, 5.41) is 0. The second-order valence-electron chi connectivity index (χ2n) is 10.8. The van der Waals surface area contributed by atoms with Crippen molar-refractivity contribution in [1.29, 1.82) is 0 Å². The zero-order valence-corrected chi connectivity index (χ0v) is 25.1. The minimum absolute atomic E-state index is 0.0761. The number of hydrogen-bond donors (Lipinski definition) is 0. The first-order valence-electron chi connectivity index (χ1n) is 14.2. The van der Waals surface area contributed by atoms with E-state index in [2.05, 4.69) is 32.6 Å². The SMILES string of the molecule is CCC(C)N(CC(=O)N(Cc1cccn1Cc1ccc(Br)cc1)C1CCCCC1)C(=O)c1ccc(C(F)(F)F)cc1. The van der Waals surface area contributed by atoms with Crippen molar-refractivity contribution in [3.05, 3.63) is 93.7 Å². The summed E-state index contributed by atoms with van der Waals surface area (Å²) in [7, 11) is 0. The third-order valence-corrected chi connectivity index (χ3v) is 8.54. The van der Waals surface area contributed by atoms with E-state index in [1.165, 1.54) is 17.0 Å². The highest BCUT2D eigenvalue weighted by molar-refractivity contribution is 9.10. The second-order valence-corrected chi connectivity index (χ2v) is 11.7. The highest BCUT2D eigenvalue weighted by Crippen LogP contribution is 2.30. The molecule has 2 amide bonds. The number of amides is 2. The van der Waals surface area contributed by atoms with Gasteiger partial charge in [-0.15, -0.1) is 0 Å². The van der Waals surface area contributed by atoms with E-state index in [-0.39, 0.29) is 30.1 Å². The van der Waals surface area contributed by atoms with Crippen LogP contribution in [0.25, 0.3) is 0 Å². The minimum atomic E-state index is -4.48. The quantitative estimate of drug-likeness (QED) is 0.228. The standard InChI is InChI=1S/C32H37BrF3N3O2/c1-3-23(2)38(31(41)25-13-15-26(16-14-25)32(34,35)36)22-30(40)39(28-8-5-4-6-9-28)21-29-10-7-19-37(29)20-24-11-17-27(33)18-12-24/h7,10-19,23,28H,3-6,8-9,20-22H2,1-2H3. The van der Waals surface area contributed by atoms with Crippen LogP contribution in [0.4, 0.5) is 13.2 Å². The summed E-state index contributed by atoms with van der Waals surface area (Å²) in [4.78, 5) is 30.9. The lowest BCUT2D eigenvalue weighted by atomic mass is 9.94. The van der Waals surface area contributed by atoms with Gasteiger partial charge in [0.15, 0.2) is 0 Å². The Hall–Kier alpha value is -3.07. The number of carbonyl (C=O) groups is 2. The summed E-state index contributed by atoms with van der Waals surface area (Å²) in [5.74, 6) is -0.586. The maximum atomic E-state index is 14.0. The van der Waals surface area contributed by atoms with Crippen molar-refractivity contribution in [2.75, 3.05) is 6.54 Å². The van der Waals surface area contributed by atoms with E-state index in [0.29, 0.717) is 19.5 Å². The van der Waals surface area contributed by atoms with Gasteiger partial charge in [0.05, 0.1) is 12.1 Å². The summed E-state index contributed by atoms with van der Waals surface area (Å²) < 4.78 is 42.4. The fourth-order valence-corrected chi connectivity index (χ4v) is 5.64. The zero-order valence-electron chi connectivity index (χ0n) is 23.5. The van der Waals surface area contributed by atoms with E-state index in [1.54, 1.807) is 0 Å². The van der Waals surface area contributed by atoms with Crippen LogP contribution < -0.4 is 0 Å². The number of carbonyl (C=O) groups excluding carboxylic acids is 2. The van der Waals surface area contributed by atoms with Gasteiger partial charge in [0.1, 0.15) is 6.54 Å². The van der Waals surface area contributed by atoms with E-state index >= 15 is 0 Å². The predicted molar refractivity (Wildman–Crippen MR) is 157 cm³/mol. The van der Waals surface area contributed by atoms with Crippen LogP contribution in [0, 0.1) is 0 Å². The third kappa shape index (κ3) is 8.03. The Morgan fingerprint density at radius 2 is 1.66 bits per heavy atom. The first-order chi connectivity index (χ1) is 19.6. The molecule has 0 spiro atoms. The molecular formula is C32H37BrF3N3O2. The van der Waals surface area contributed by atoms with Crippen molar-refractivity contribution in [3.63, 3.8) is 0 Å². The molecule has 1 aliphatic rings. The number of nitrogens with zero attached hydrogens (tertiary/aromatic N) is 3. The molecule has 9 heteroatoms. The molecular weight excluding hydrogens is 595 g/mol. The summed E-state index contributed by atoms with van der Waals surface area (Å²) in [6.45, 7) is 4.77. The predicted octanol–water partition coefficient (Wildman–Crippen LogP) is 7.92. The Morgan fingerprint density at radius 3 is 2.27 bits per heavy atom. The summed E-state index contributed by atoms with van der Waals surface area (Å²) in [5.41, 5.74) is 1.48. The van der Waals surface area contributed by atoms with E-state index in [4.69, 9.17) is 0 Å². The third-order valence-electron chi connectivity index (χ3n) is 8.01. The van der Waals surface area contributed by atoms with Crippen molar-refractivity contribution in [2.24, 2.45) is 0 Å². The summed E-state index contributed by atoms with van der Waals surface area (Å²) >= 11 is 3.48. The summed E-state index contributed by atoms with van der Waals surface area (Å²) in [6.07, 6.45) is 3.21. The van der Waals surface area contributed by atoms with Crippen LogP contribution in [0.15, 0.2) is 71.3 Å². The van der Waals surface area contributed by atoms with E-state index in [1.807, 2.05) is 49.2 Å². The van der Waals surface area contributed by atoms with Crippen molar-refractivity contribution < 1.29 is 22.8 Å². The van der Waals surface area contributed by atoms with Crippen molar-refractivity contribution >= 4 is 27.7 Å². The Bertz CT molecular complexity index is 1300. The number of rotatable bonds is 10. The molecule has 1 atom stereocenters. The fourth-order valence-electron chi connectivity index (χ4n) is 5.37. The Kier molecular flexibility index (Phi) is 10.3. The number of halogens is 4. The monoisotopic (exact) mass is 631 g/mol. The van der Waals surface area contributed by atoms with Gasteiger partial charge < -0.3 is 14.4 Å². The number of alkyl halides is 3. The molecule has 3 aromatic rings. The van der Waals surface area contributed by atoms with Gasteiger partial charge in [0, 0.05) is 40.6 Å². The Balaban J connectivity index is 1.56. The van der Waals surface area contributed by atoms with Crippen molar-refractivity contribution in [1.82, 2.24) is 14.4 Å². The van der Waals surface area contributed by atoms with Gasteiger partial charge in [-0.05, 0) is 80.3 Å². The maximum Gasteiger partial charge on any atom is 0.416 e. The number of hydrogen-bond acceptors (Lipinski definition) is 2. The Labute approximate surface area is 248 Å². The highest BCUT2D eigenvalue weighted by Gasteiger charge is 2.32. The molecule has 0 N–H and O–H groups in total. The van der Waals surface area contributed by atoms with Crippen LogP contribution >= 0.6 is 15.9 Å². The largest absolute Gasteiger partial charge is 0.416 e. The molecule has 1 aliphatic carbocycles. The number of aromatic nitrogens is 1. The van der Waals surface area contributed by atoms with E-state index in [9.17, 15) is 22.8 Å². The molecule has 0 bridgehead atoms. The second kappa shape index (κ2) is 13.7. The van der Waals surface area contributed by atoms with E-state index < -0.39 is 17.6 Å². The van der Waals surface area contributed by atoms with E-state index in [0.717, 1.165) is 60.0 Å². The van der Waals surface area contributed by atoms with Crippen LogP contribution in [0.2, 0.25) is 0 Å². The van der Waals surface area contributed by atoms with Crippen molar-refractivity contribution in [3.8, 4) is 0 Å². The molecule has 5 nitrogen and oxygen atoms in total. The molecule has 0 aliphatic heterocycles. The van der Waals surface area contributed by atoms with Gasteiger partial charge in [0.25, 0.3) is 5.91 Å². The van der Waals surface area contributed by atoms with Gasteiger partial charge in [-0.3, -0.25) is 9.59 Å². The first kappa shape index (κ1) is 30.9. The van der Waals surface area contributed by atoms with Gasteiger partial charge in [-0.2, -0.15) is 13.2 Å². The molecule has 0 radical (unpaired) electrons. The van der Waals surface area contributed by atoms with Crippen LogP contribution in [-0.4, -0.2) is 44.8 Å². The molecule has 1 aromatic heterocycles. The van der Waals surface area contributed by atoms with Crippen LogP contribution in [0.1, 0.15) is 79.6 Å².